The number of hydrogen-bond acceptors (Lipinski definition) is 4. The molecule has 2 heterocycles. The fourth-order valence-electron chi connectivity index (χ4n) is 2.06. The topological polar surface area (TPSA) is 86.3 Å². The molecule has 2 aromatic rings. The van der Waals surface area contributed by atoms with Gasteiger partial charge < -0.3 is 0 Å². The Bertz CT molecular complexity index is 845. The zero-order chi connectivity index (χ0) is 15.4. The normalized spacial score (nSPS) is 12.0. The maximum Gasteiger partial charge on any atom is 0.276 e. The number of hydrogen-bond donors (Lipinski definition) is 1. The van der Waals surface area contributed by atoms with Crippen LogP contribution in [-0.2, 0) is 6.42 Å². The molecule has 0 aliphatic carbocycles. The lowest BCUT2D eigenvalue weighted by atomic mass is 10.1. The number of nitrogens with one attached hydrogen (secondary N) is 1. The third kappa shape index (κ3) is 2.41. The van der Waals surface area contributed by atoms with Gasteiger partial charge in [0.05, 0.1) is 11.4 Å². The Labute approximate surface area is 121 Å². The molecule has 0 bridgehead atoms. The van der Waals surface area contributed by atoms with E-state index in [1.54, 1.807) is 12.2 Å². The first-order chi connectivity index (χ1) is 10.2. The fourth-order valence-corrected chi connectivity index (χ4v) is 2.06. The lowest BCUT2D eigenvalue weighted by Gasteiger charge is -2.07. The average Bonchev–Trinajstić information content (AvgIpc) is 2.91. The van der Waals surface area contributed by atoms with E-state index in [0.717, 1.165) is 0 Å². The Kier molecular flexibility index (Phi) is 4.14. The molecule has 0 aliphatic rings. The van der Waals surface area contributed by atoms with Crippen LogP contribution in [0.2, 0.25) is 0 Å². The van der Waals surface area contributed by atoms with Crippen LogP contribution in [-0.4, -0.2) is 21.3 Å². The predicted molar refractivity (Wildman–Crippen MR) is 82.2 cm³/mol. The summed E-state index contributed by atoms with van der Waals surface area (Å²) in [4.78, 5) is 20.9. The van der Waals surface area contributed by atoms with E-state index in [1.807, 2.05) is 26.0 Å². The number of nitriles is 1. The molecule has 0 spiro atoms. The molecule has 0 amide bonds. The average molecular weight is 281 g/mol. The molecular weight excluding hydrogens is 266 g/mol. The molecule has 0 radical (unpaired) electrons. The first kappa shape index (κ1) is 14.5. The van der Waals surface area contributed by atoms with Gasteiger partial charge >= 0.3 is 0 Å². The molecule has 6 nitrogen and oxygen atoms in total. The van der Waals surface area contributed by atoms with Crippen molar-refractivity contribution in [1.82, 2.24) is 14.6 Å². The lowest BCUT2D eigenvalue weighted by molar-refractivity contribution is 0.861. The highest BCUT2D eigenvalue weighted by molar-refractivity contribution is 5.71. The minimum Gasteiger partial charge on any atom is -0.295 e. The summed E-state index contributed by atoms with van der Waals surface area (Å²) >= 11 is 0. The van der Waals surface area contributed by atoms with E-state index >= 15 is 0 Å². The van der Waals surface area contributed by atoms with Crippen molar-refractivity contribution >= 4 is 18.1 Å². The van der Waals surface area contributed by atoms with Crippen LogP contribution >= 0.6 is 0 Å². The summed E-state index contributed by atoms with van der Waals surface area (Å²) < 4.78 is 1.28. The second-order valence-electron chi connectivity index (χ2n) is 4.29. The maximum atomic E-state index is 12.5. The molecule has 0 fully saturated rings. The van der Waals surface area contributed by atoms with Crippen molar-refractivity contribution in [1.29, 1.82) is 5.26 Å². The van der Waals surface area contributed by atoms with Crippen LogP contribution < -0.4 is 5.56 Å². The van der Waals surface area contributed by atoms with Gasteiger partial charge in [-0.25, -0.2) is 9.50 Å². The van der Waals surface area contributed by atoms with Crippen molar-refractivity contribution in [2.75, 3.05) is 0 Å². The van der Waals surface area contributed by atoms with Crippen LogP contribution in [0, 0.1) is 11.3 Å². The predicted octanol–water partition coefficient (Wildman–Crippen LogP) is 2.07. The second-order valence-corrected chi connectivity index (χ2v) is 4.29. The van der Waals surface area contributed by atoms with Gasteiger partial charge in [-0.15, -0.1) is 0 Å². The van der Waals surface area contributed by atoms with Crippen molar-refractivity contribution in [3.05, 3.63) is 51.6 Å². The van der Waals surface area contributed by atoms with Crippen LogP contribution in [0.4, 0.5) is 0 Å². The molecule has 0 aliphatic heterocycles. The van der Waals surface area contributed by atoms with Gasteiger partial charge in [0.15, 0.2) is 5.65 Å². The fraction of sp³-hybridized carbons (Fsp3) is 0.200. The third-order valence-electron chi connectivity index (χ3n) is 3.09. The standard InChI is InChI=1S/C15H15N5O/c1-4-6-7-12(17-3)13-11(5-2)15(21)20-14(19-13)10(8-16)9-18-20/h4,6-7,9,18H,3,5H2,1-2H3/b6-4-,12-7-. The zero-order valence-electron chi connectivity index (χ0n) is 11.9. The van der Waals surface area contributed by atoms with E-state index in [9.17, 15) is 4.79 Å². The van der Waals surface area contributed by atoms with Gasteiger partial charge in [-0.1, -0.05) is 19.1 Å². The first-order valence-corrected chi connectivity index (χ1v) is 6.51. The van der Waals surface area contributed by atoms with Gasteiger partial charge in [0.2, 0.25) is 0 Å². The number of nitrogens with zero attached hydrogens (tertiary/aromatic N) is 4. The number of aliphatic imine (C=N–C) groups is 1. The summed E-state index contributed by atoms with van der Waals surface area (Å²) in [6.07, 6.45) is 7.36. The van der Waals surface area contributed by atoms with E-state index in [1.165, 1.54) is 10.7 Å². The van der Waals surface area contributed by atoms with E-state index in [4.69, 9.17) is 5.26 Å². The van der Waals surface area contributed by atoms with Gasteiger partial charge in [-0.3, -0.25) is 14.9 Å². The summed E-state index contributed by atoms with van der Waals surface area (Å²) in [5.41, 5.74) is 1.88. The maximum absolute atomic E-state index is 12.5. The number of aromatic nitrogens is 3. The van der Waals surface area contributed by atoms with Crippen LogP contribution in [0.15, 0.2) is 34.2 Å². The minimum atomic E-state index is -0.228. The Hall–Kier alpha value is -2.94. The van der Waals surface area contributed by atoms with E-state index in [2.05, 4.69) is 21.8 Å². The van der Waals surface area contributed by atoms with E-state index in [0.29, 0.717) is 34.6 Å². The smallest absolute Gasteiger partial charge is 0.276 e. The third-order valence-corrected chi connectivity index (χ3v) is 3.09. The molecule has 6 heteroatoms. The molecule has 0 saturated heterocycles. The molecular formula is C15H15N5O. The van der Waals surface area contributed by atoms with Crippen molar-refractivity contribution in [3.63, 3.8) is 0 Å². The first-order valence-electron chi connectivity index (χ1n) is 6.51. The SMILES string of the molecule is C=N/C(=C\C=C/C)c1nc2c(C#N)c[nH]n2c(=O)c1CC. The largest absolute Gasteiger partial charge is 0.295 e. The minimum absolute atomic E-state index is 0.228. The Morgan fingerprint density at radius 1 is 1.67 bits per heavy atom. The Morgan fingerprint density at radius 3 is 3.00 bits per heavy atom. The van der Waals surface area contributed by atoms with Gasteiger partial charge in [0.25, 0.3) is 5.56 Å². The molecule has 1 N–H and O–H groups in total. The van der Waals surface area contributed by atoms with Crippen LogP contribution in [0.25, 0.3) is 11.3 Å². The van der Waals surface area contributed by atoms with Gasteiger partial charge in [0, 0.05) is 11.8 Å². The van der Waals surface area contributed by atoms with Crippen molar-refractivity contribution < 1.29 is 0 Å². The zero-order valence-corrected chi connectivity index (χ0v) is 11.9. The molecule has 2 aromatic heterocycles. The number of allylic oxidation sites excluding steroid dienone is 3. The summed E-state index contributed by atoms with van der Waals surface area (Å²) in [5.74, 6) is 0. The molecule has 21 heavy (non-hydrogen) atoms. The van der Waals surface area contributed by atoms with Gasteiger partial charge in [0.1, 0.15) is 11.6 Å². The van der Waals surface area contributed by atoms with Crippen molar-refractivity contribution in [3.8, 4) is 6.07 Å². The summed E-state index contributed by atoms with van der Waals surface area (Å²) in [7, 11) is 0. The highest BCUT2D eigenvalue weighted by atomic mass is 16.1. The number of aromatic amines is 1. The van der Waals surface area contributed by atoms with Gasteiger partial charge in [-0.05, 0) is 26.1 Å². The molecule has 106 valence electrons. The summed E-state index contributed by atoms with van der Waals surface area (Å²) in [5, 5.41) is 11.8. The highest BCUT2D eigenvalue weighted by Gasteiger charge is 2.16. The number of rotatable bonds is 4. The molecule has 0 saturated carbocycles. The molecule has 0 atom stereocenters. The van der Waals surface area contributed by atoms with Crippen LogP contribution in [0.3, 0.4) is 0 Å². The Morgan fingerprint density at radius 2 is 2.43 bits per heavy atom. The number of H-pyrrole nitrogens is 1. The van der Waals surface area contributed by atoms with E-state index < -0.39 is 0 Å². The van der Waals surface area contributed by atoms with Crippen molar-refractivity contribution in [2.24, 2.45) is 4.99 Å². The van der Waals surface area contributed by atoms with E-state index in [-0.39, 0.29) is 5.56 Å². The molecule has 0 unspecified atom stereocenters. The quantitative estimate of drug-likeness (QED) is 0.687. The lowest BCUT2D eigenvalue weighted by Crippen LogP contribution is -2.22. The number of fused-ring (bicyclic) bond motifs is 1. The van der Waals surface area contributed by atoms with Crippen molar-refractivity contribution in [2.45, 2.75) is 20.3 Å². The second kappa shape index (κ2) is 6.01. The molecule has 2 rings (SSSR count). The van der Waals surface area contributed by atoms with Crippen LogP contribution in [0.1, 0.15) is 30.7 Å². The van der Waals surface area contributed by atoms with Crippen LogP contribution in [0.5, 0.6) is 0 Å². The summed E-state index contributed by atoms with van der Waals surface area (Å²) in [6, 6.07) is 2.01. The summed E-state index contributed by atoms with van der Waals surface area (Å²) in [6.45, 7) is 7.28. The monoisotopic (exact) mass is 281 g/mol. The Balaban J connectivity index is 2.87. The highest BCUT2D eigenvalue weighted by Crippen LogP contribution is 2.18. The van der Waals surface area contributed by atoms with Gasteiger partial charge in [-0.2, -0.15) is 5.26 Å². The molecule has 0 aromatic carbocycles.